The van der Waals surface area contributed by atoms with Crippen molar-refractivity contribution in [3.63, 3.8) is 0 Å². The molecule has 2 aliphatic rings. The van der Waals surface area contributed by atoms with Crippen LogP contribution in [0.3, 0.4) is 0 Å². The molecule has 0 amide bonds. The zero-order valence-electron chi connectivity index (χ0n) is 18.7. The first-order chi connectivity index (χ1) is 15.2. The van der Waals surface area contributed by atoms with Crippen LogP contribution in [0.2, 0.25) is 0 Å². The van der Waals surface area contributed by atoms with Gasteiger partial charge in [0.05, 0.1) is 31.1 Å². The van der Waals surface area contributed by atoms with Gasteiger partial charge in [-0.25, -0.2) is 0 Å². The second-order valence-corrected chi connectivity index (χ2v) is 8.73. The van der Waals surface area contributed by atoms with E-state index in [1.165, 1.54) is 5.56 Å². The number of ether oxygens (including phenoxy) is 2. The highest BCUT2D eigenvalue weighted by atomic mass is 16.5. The number of hydrogen-bond donors (Lipinski definition) is 2. The Hall–Kier alpha value is -2.47. The van der Waals surface area contributed by atoms with Crippen LogP contribution in [0.5, 0.6) is 5.75 Å². The zero-order chi connectivity index (χ0) is 21.5. The Morgan fingerprint density at radius 1 is 1.06 bits per heavy atom. The third kappa shape index (κ3) is 6.26. The Labute approximate surface area is 185 Å². The molecular weight excluding hydrogens is 390 g/mol. The molecule has 1 saturated carbocycles. The first-order valence-electron chi connectivity index (χ1n) is 11.6. The molecule has 4 rings (SSSR count). The van der Waals surface area contributed by atoms with E-state index in [2.05, 4.69) is 36.6 Å². The van der Waals surface area contributed by atoms with Gasteiger partial charge in [0.25, 0.3) is 0 Å². The molecule has 1 unspecified atom stereocenters. The van der Waals surface area contributed by atoms with Crippen LogP contribution in [-0.4, -0.2) is 37.4 Å². The van der Waals surface area contributed by atoms with E-state index in [1.54, 1.807) is 6.26 Å². The van der Waals surface area contributed by atoms with Gasteiger partial charge in [-0.2, -0.15) is 0 Å². The molecule has 2 aromatic rings. The Bertz CT molecular complexity index is 826. The first kappa shape index (κ1) is 21.8. The second kappa shape index (κ2) is 10.7. The van der Waals surface area contributed by atoms with Crippen LogP contribution in [0.15, 0.2) is 52.1 Å². The number of guanidine groups is 1. The van der Waals surface area contributed by atoms with Gasteiger partial charge in [0, 0.05) is 31.0 Å². The largest absolute Gasteiger partial charge is 0.493 e. The lowest BCUT2D eigenvalue weighted by molar-refractivity contribution is -0.0152. The van der Waals surface area contributed by atoms with Crippen LogP contribution in [0, 0.1) is 0 Å². The van der Waals surface area contributed by atoms with Crippen LogP contribution >= 0.6 is 0 Å². The van der Waals surface area contributed by atoms with Crippen LogP contribution in [0.25, 0.3) is 0 Å². The molecule has 0 bridgehead atoms. The van der Waals surface area contributed by atoms with E-state index in [0.717, 1.165) is 56.0 Å². The number of para-hydroxylation sites is 1. The minimum Gasteiger partial charge on any atom is -0.493 e. The van der Waals surface area contributed by atoms with Crippen molar-refractivity contribution < 1.29 is 13.9 Å². The number of benzene rings is 1. The fraction of sp³-hybridized carbons (Fsp3) is 0.560. The number of aliphatic imine (C=N–C) groups is 1. The number of rotatable bonds is 7. The lowest BCUT2D eigenvalue weighted by Crippen LogP contribution is -2.47. The van der Waals surface area contributed by atoms with Crippen molar-refractivity contribution in [2.75, 3.05) is 13.2 Å². The van der Waals surface area contributed by atoms with Crippen molar-refractivity contribution in [2.24, 2.45) is 4.99 Å². The molecule has 1 atom stereocenters. The van der Waals surface area contributed by atoms with Gasteiger partial charge in [-0.05, 0) is 57.7 Å². The summed E-state index contributed by atoms with van der Waals surface area (Å²) >= 11 is 0. The molecule has 6 heteroatoms. The van der Waals surface area contributed by atoms with E-state index in [9.17, 15) is 0 Å². The van der Waals surface area contributed by atoms with Crippen molar-refractivity contribution in [3.8, 4) is 5.75 Å². The molecule has 0 saturated heterocycles. The summed E-state index contributed by atoms with van der Waals surface area (Å²) in [5.41, 5.74) is 1.20. The van der Waals surface area contributed by atoms with Crippen molar-refractivity contribution >= 4 is 5.96 Å². The molecule has 0 radical (unpaired) electrons. The maximum absolute atomic E-state index is 6.01. The number of fused-ring (bicyclic) bond motifs is 1. The molecule has 6 nitrogen and oxygen atoms in total. The Kier molecular flexibility index (Phi) is 7.52. The Morgan fingerprint density at radius 2 is 1.90 bits per heavy atom. The highest BCUT2D eigenvalue weighted by Crippen LogP contribution is 2.31. The van der Waals surface area contributed by atoms with Crippen LogP contribution in [0.4, 0.5) is 0 Å². The molecule has 2 heterocycles. The lowest BCUT2D eigenvalue weighted by Gasteiger charge is -2.33. The number of hydrogen-bond acceptors (Lipinski definition) is 4. The van der Waals surface area contributed by atoms with Gasteiger partial charge in [-0.1, -0.05) is 18.2 Å². The molecule has 31 heavy (non-hydrogen) atoms. The Morgan fingerprint density at radius 3 is 2.68 bits per heavy atom. The van der Waals surface area contributed by atoms with Gasteiger partial charge in [0.15, 0.2) is 5.96 Å². The van der Waals surface area contributed by atoms with Crippen LogP contribution < -0.4 is 15.4 Å². The normalized spacial score (nSPS) is 23.8. The third-order valence-corrected chi connectivity index (χ3v) is 5.96. The van der Waals surface area contributed by atoms with Gasteiger partial charge in [-0.3, -0.25) is 4.99 Å². The van der Waals surface area contributed by atoms with E-state index in [0.29, 0.717) is 31.4 Å². The fourth-order valence-corrected chi connectivity index (χ4v) is 4.44. The standard InChI is InChI=1S/C25H35N3O3/c1-18(2)31-21-11-9-19(10-12-21)27-25(26-15-13-20-6-5-16-29-20)28-23-14-17-30-24-8-4-3-7-22(23)24/h3-8,16,18-19,21,23H,9-15,17H2,1-2H3,(H2,26,27,28). The van der Waals surface area contributed by atoms with Gasteiger partial charge in [0.1, 0.15) is 11.5 Å². The monoisotopic (exact) mass is 425 g/mol. The zero-order valence-corrected chi connectivity index (χ0v) is 18.7. The topological polar surface area (TPSA) is 68.0 Å². The molecule has 1 aliphatic carbocycles. The summed E-state index contributed by atoms with van der Waals surface area (Å²) in [4.78, 5) is 4.89. The lowest BCUT2D eigenvalue weighted by atomic mass is 9.93. The van der Waals surface area contributed by atoms with Gasteiger partial charge in [-0.15, -0.1) is 0 Å². The Balaban J connectivity index is 1.40. The molecule has 1 aromatic carbocycles. The van der Waals surface area contributed by atoms with Gasteiger partial charge < -0.3 is 24.5 Å². The summed E-state index contributed by atoms with van der Waals surface area (Å²) in [5, 5.41) is 7.38. The smallest absolute Gasteiger partial charge is 0.191 e. The van der Waals surface area contributed by atoms with Gasteiger partial charge >= 0.3 is 0 Å². The van der Waals surface area contributed by atoms with E-state index in [4.69, 9.17) is 18.9 Å². The summed E-state index contributed by atoms with van der Waals surface area (Å²) in [6.45, 7) is 5.62. The van der Waals surface area contributed by atoms with Crippen molar-refractivity contribution in [1.82, 2.24) is 10.6 Å². The summed E-state index contributed by atoms with van der Waals surface area (Å²) in [7, 11) is 0. The van der Waals surface area contributed by atoms with Crippen molar-refractivity contribution in [1.29, 1.82) is 0 Å². The molecule has 1 aromatic heterocycles. The molecular formula is C25H35N3O3. The van der Waals surface area contributed by atoms with E-state index in [-0.39, 0.29) is 6.04 Å². The van der Waals surface area contributed by atoms with Gasteiger partial charge in [0.2, 0.25) is 0 Å². The quantitative estimate of drug-likeness (QED) is 0.501. The first-order valence-corrected chi connectivity index (χ1v) is 11.6. The van der Waals surface area contributed by atoms with Crippen molar-refractivity contribution in [3.05, 3.63) is 54.0 Å². The van der Waals surface area contributed by atoms with E-state index >= 15 is 0 Å². The summed E-state index contributed by atoms with van der Waals surface area (Å²) in [5.74, 6) is 2.81. The van der Waals surface area contributed by atoms with Crippen LogP contribution in [0.1, 0.15) is 63.3 Å². The molecule has 168 valence electrons. The highest BCUT2D eigenvalue weighted by Gasteiger charge is 2.25. The van der Waals surface area contributed by atoms with E-state index in [1.807, 2.05) is 24.3 Å². The van der Waals surface area contributed by atoms with Crippen molar-refractivity contribution in [2.45, 2.75) is 76.7 Å². The second-order valence-electron chi connectivity index (χ2n) is 8.73. The maximum atomic E-state index is 6.01. The highest BCUT2D eigenvalue weighted by molar-refractivity contribution is 5.80. The third-order valence-electron chi connectivity index (χ3n) is 5.96. The average Bonchev–Trinajstić information content (AvgIpc) is 3.28. The number of furan rings is 1. The molecule has 2 N–H and O–H groups in total. The molecule has 1 aliphatic heterocycles. The summed E-state index contributed by atoms with van der Waals surface area (Å²) in [6, 6.07) is 12.8. The number of nitrogens with zero attached hydrogens (tertiary/aromatic N) is 1. The molecule has 1 fully saturated rings. The number of nitrogens with one attached hydrogen (secondary N) is 2. The predicted octanol–water partition coefficient (Wildman–Crippen LogP) is 4.62. The van der Waals surface area contributed by atoms with E-state index < -0.39 is 0 Å². The maximum Gasteiger partial charge on any atom is 0.191 e. The van der Waals surface area contributed by atoms with Crippen LogP contribution in [-0.2, 0) is 11.2 Å². The SMILES string of the molecule is CC(C)OC1CCC(NC(=NCCc2ccco2)NC2CCOc3ccccc32)CC1. The average molecular weight is 426 g/mol. The molecule has 0 spiro atoms. The fourth-order valence-electron chi connectivity index (χ4n) is 4.44. The summed E-state index contributed by atoms with van der Waals surface area (Å²) in [6.07, 6.45) is 8.49. The minimum absolute atomic E-state index is 0.195. The minimum atomic E-state index is 0.195. The summed E-state index contributed by atoms with van der Waals surface area (Å²) < 4.78 is 17.3. The predicted molar refractivity (Wildman–Crippen MR) is 123 cm³/mol.